The Kier molecular flexibility index (Phi) is 3.78. The molecule has 2 N–H and O–H groups in total. The fourth-order valence-corrected chi connectivity index (χ4v) is 2.00. The topological polar surface area (TPSA) is 64.5 Å². The number of aromatic amines is 1. The quantitative estimate of drug-likeness (QED) is 0.910. The summed E-state index contributed by atoms with van der Waals surface area (Å²) < 4.78 is 0.899. The van der Waals surface area contributed by atoms with E-state index in [1.807, 2.05) is 12.3 Å². The van der Waals surface area contributed by atoms with Crippen molar-refractivity contribution in [2.24, 2.45) is 0 Å². The van der Waals surface area contributed by atoms with Crippen molar-refractivity contribution in [3.63, 3.8) is 0 Å². The molecular weight excluding hydrogens is 280 g/mol. The van der Waals surface area contributed by atoms with Crippen LogP contribution in [0.1, 0.15) is 11.4 Å². The highest BCUT2D eigenvalue weighted by Gasteiger charge is 2.01. The number of benzene rings is 1. The number of nitrogens with zero attached hydrogens (tertiary/aromatic N) is 2. The lowest BCUT2D eigenvalue weighted by atomic mass is 10.2. The van der Waals surface area contributed by atoms with Gasteiger partial charge in [0.05, 0.1) is 11.6 Å². The fourth-order valence-electron chi connectivity index (χ4n) is 1.48. The molecule has 86 valence electrons. The monoisotopic (exact) mass is 290 g/mol. The summed E-state index contributed by atoms with van der Waals surface area (Å²) in [7, 11) is 0. The van der Waals surface area contributed by atoms with Gasteiger partial charge in [-0.15, -0.1) is 0 Å². The summed E-state index contributed by atoms with van der Waals surface area (Å²) in [6.45, 7) is 0.790. The summed E-state index contributed by atoms with van der Waals surface area (Å²) >= 11 is 3.43. The van der Waals surface area contributed by atoms with E-state index in [2.05, 4.69) is 37.3 Å². The third-order valence-corrected chi connectivity index (χ3v) is 2.99. The van der Waals surface area contributed by atoms with Crippen molar-refractivity contribution in [3.05, 3.63) is 46.5 Å². The number of imidazole rings is 1. The molecular formula is C12H11BrN4. The summed E-state index contributed by atoms with van der Waals surface area (Å²) in [4.78, 5) is 7.20. The minimum atomic E-state index is 0.647. The number of nitriles is 1. The molecule has 0 fully saturated rings. The summed E-state index contributed by atoms with van der Waals surface area (Å²) in [5.41, 5.74) is 1.63. The SMILES string of the molecule is N#Cc1ccc(NCCc2ncc[nH]2)c(Br)c1. The molecule has 1 aromatic carbocycles. The molecule has 0 aliphatic carbocycles. The van der Waals surface area contributed by atoms with Gasteiger partial charge in [0.2, 0.25) is 0 Å². The van der Waals surface area contributed by atoms with E-state index in [4.69, 9.17) is 5.26 Å². The maximum atomic E-state index is 8.75. The zero-order valence-electron chi connectivity index (χ0n) is 9.07. The molecule has 0 unspecified atom stereocenters. The van der Waals surface area contributed by atoms with Gasteiger partial charge >= 0.3 is 0 Å². The average molecular weight is 291 g/mol. The van der Waals surface area contributed by atoms with Gasteiger partial charge in [0.25, 0.3) is 0 Å². The van der Waals surface area contributed by atoms with Gasteiger partial charge in [-0.3, -0.25) is 0 Å². The third kappa shape index (κ3) is 3.08. The van der Waals surface area contributed by atoms with Crippen molar-refractivity contribution in [1.29, 1.82) is 5.26 Å². The Labute approximate surface area is 108 Å². The largest absolute Gasteiger partial charge is 0.384 e. The second kappa shape index (κ2) is 5.51. The number of nitrogens with one attached hydrogen (secondary N) is 2. The van der Waals surface area contributed by atoms with Crippen LogP contribution in [0.3, 0.4) is 0 Å². The van der Waals surface area contributed by atoms with Gasteiger partial charge in [0.15, 0.2) is 0 Å². The van der Waals surface area contributed by atoms with E-state index >= 15 is 0 Å². The first-order valence-electron chi connectivity index (χ1n) is 5.21. The van der Waals surface area contributed by atoms with Gasteiger partial charge in [-0.05, 0) is 34.1 Å². The number of aromatic nitrogens is 2. The number of anilines is 1. The van der Waals surface area contributed by atoms with E-state index < -0.39 is 0 Å². The van der Waals surface area contributed by atoms with Crippen molar-refractivity contribution in [1.82, 2.24) is 9.97 Å². The van der Waals surface area contributed by atoms with Crippen LogP contribution in [-0.2, 0) is 6.42 Å². The second-order valence-electron chi connectivity index (χ2n) is 3.52. The van der Waals surface area contributed by atoms with Crippen LogP contribution in [0.5, 0.6) is 0 Å². The Bertz CT molecular complexity index is 528. The lowest BCUT2D eigenvalue weighted by molar-refractivity contribution is 0.927. The molecule has 0 saturated carbocycles. The van der Waals surface area contributed by atoms with Crippen LogP contribution >= 0.6 is 15.9 Å². The Morgan fingerprint density at radius 2 is 2.35 bits per heavy atom. The number of halogens is 1. The first-order valence-corrected chi connectivity index (χ1v) is 6.00. The van der Waals surface area contributed by atoms with Crippen molar-refractivity contribution in [2.45, 2.75) is 6.42 Å². The van der Waals surface area contributed by atoms with E-state index in [0.717, 1.165) is 29.0 Å². The summed E-state index contributed by atoms with van der Waals surface area (Å²) in [6, 6.07) is 7.59. The first kappa shape index (κ1) is 11.7. The molecule has 0 bridgehead atoms. The molecule has 0 atom stereocenters. The van der Waals surface area contributed by atoms with Crippen LogP contribution in [0.2, 0.25) is 0 Å². The minimum Gasteiger partial charge on any atom is -0.384 e. The normalized spacial score (nSPS) is 9.88. The summed E-state index contributed by atoms with van der Waals surface area (Å²) in [5.74, 6) is 0.960. The highest BCUT2D eigenvalue weighted by atomic mass is 79.9. The molecule has 0 radical (unpaired) electrons. The van der Waals surface area contributed by atoms with E-state index in [1.54, 1.807) is 18.3 Å². The minimum absolute atomic E-state index is 0.647. The van der Waals surface area contributed by atoms with E-state index in [9.17, 15) is 0 Å². The van der Waals surface area contributed by atoms with E-state index in [-0.39, 0.29) is 0 Å². The molecule has 17 heavy (non-hydrogen) atoms. The molecule has 0 saturated heterocycles. The predicted molar refractivity (Wildman–Crippen MR) is 69.6 cm³/mol. The Balaban J connectivity index is 1.93. The van der Waals surface area contributed by atoms with Crippen LogP contribution in [0.25, 0.3) is 0 Å². The van der Waals surface area contributed by atoms with Gasteiger partial charge < -0.3 is 10.3 Å². The molecule has 0 spiro atoms. The van der Waals surface area contributed by atoms with Crippen LogP contribution in [-0.4, -0.2) is 16.5 Å². The first-order chi connectivity index (χ1) is 8.29. The van der Waals surface area contributed by atoms with E-state index in [1.165, 1.54) is 0 Å². The molecule has 0 aliphatic rings. The highest BCUT2D eigenvalue weighted by molar-refractivity contribution is 9.10. The smallest absolute Gasteiger partial charge is 0.107 e. The standard InChI is InChI=1S/C12H11BrN4/c13-10-7-9(8-14)1-2-11(10)15-4-3-12-16-5-6-17-12/h1-2,5-7,15H,3-4H2,(H,16,17). The number of hydrogen-bond acceptors (Lipinski definition) is 3. The van der Waals surface area contributed by atoms with Crippen molar-refractivity contribution in [2.75, 3.05) is 11.9 Å². The molecule has 5 heteroatoms. The molecule has 2 rings (SSSR count). The predicted octanol–water partition coefficient (Wildman–Crippen LogP) is 2.70. The van der Waals surface area contributed by atoms with Gasteiger partial charge in [-0.1, -0.05) is 0 Å². The van der Waals surface area contributed by atoms with Crippen LogP contribution < -0.4 is 5.32 Å². The van der Waals surface area contributed by atoms with E-state index in [0.29, 0.717) is 5.56 Å². The third-order valence-electron chi connectivity index (χ3n) is 2.33. The number of H-pyrrole nitrogens is 1. The summed E-state index contributed by atoms with van der Waals surface area (Å²) in [6.07, 6.45) is 4.39. The van der Waals surface area contributed by atoms with Crippen molar-refractivity contribution >= 4 is 21.6 Å². The maximum absolute atomic E-state index is 8.75. The number of rotatable bonds is 4. The molecule has 4 nitrogen and oxygen atoms in total. The molecule has 0 amide bonds. The average Bonchev–Trinajstić information content (AvgIpc) is 2.84. The second-order valence-corrected chi connectivity index (χ2v) is 4.37. The Morgan fingerprint density at radius 1 is 1.47 bits per heavy atom. The van der Waals surface area contributed by atoms with Crippen LogP contribution in [0, 0.1) is 11.3 Å². The number of hydrogen-bond donors (Lipinski definition) is 2. The zero-order valence-corrected chi connectivity index (χ0v) is 10.7. The zero-order chi connectivity index (χ0) is 12.1. The Morgan fingerprint density at radius 3 is 3.00 bits per heavy atom. The van der Waals surface area contributed by atoms with Crippen molar-refractivity contribution < 1.29 is 0 Å². The van der Waals surface area contributed by atoms with Gasteiger partial charge in [-0.2, -0.15) is 5.26 Å². The maximum Gasteiger partial charge on any atom is 0.107 e. The van der Waals surface area contributed by atoms with Crippen molar-refractivity contribution in [3.8, 4) is 6.07 Å². The highest BCUT2D eigenvalue weighted by Crippen LogP contribution is 2.23. The van der Waals surface area contributed by atoms with Crippen LogP contribution in [0.15, 0.2) is 35.1 Å². The van der Waals surface area contributed by atoms with Gasteiger partial charge in [-0.25, -0.2) is 4.98 Å². The lowest BCUT2D eigenvalue weighted by Gasteiger charge is -2.07. The molecule has 1 aromatic heterocycles. The molecule has 0 aliphatic heterocycles. The fraction of sp³-hybridized carbons (Fsp3) is 0.167. The van der Waals surface area contributed by atoms with Crippen LogP contribution in [0.4, 0.5) is 5.69 Å². The Hall–Kier alpha value is -1.80. The summed E-state index contributed by atoms with van der Waals surface area (Å²) in [5, 5.41) is 12.0. The lowest BCUT2D eigenvalue weighted by Crippen LogP contribution is -2.06. The molecule has 2 aromatic rings. The van der Waals surface area contributed by atoms with Gasteiger partial charge in [0, 0.05) is 35.5 Å². The molecule has 1 heterocycles. The van der Waals surface area contributed by atoms with Gasteiger partial charge in [0.1, 0.15) is 5.82 Å².